The van der Waals surface area contributed by atoms with Gasteiger partial charge in [0.2, 0.25) is 5.91 Å². The average molecular weight is 354 g/mol. The van der Waals surface area contributed by atoms with E-state index in [1.165, 1.54) is 0 Å². The lowest BCUT2D eigenvalue weighted by Crippen LogP contribution is -2.32. The second-order valence-corrected chi connectivity index (χ2v) is 7.85. The molecule has 0 bridgehead atoms. The van der Waals surface area contributed by atoms with Crippen molar-refractivity contribution in [3.8, 4) is 0 Å². The molecule has 1 atom stereocenters. The van der Waals surface area contributed by atoms with Gasteiger partial charge in [0.05, 0.1) is 29.4 Å². The SMILES string of the molecule is CCOC(=O)c1ccccc1NC(=O)CCNC1CCS(=O)(=O)C1. The fraction of sp³-hybridized carbons (Fsp3) is 0.500. The Morgan fingerprint density at radius 1 is 1.29 bits per heavy atom. The lowest BCUT2D eigenvalue weighted by Gasteiger charge is -2.12. The van der Waals surface area contributed by atoms with Crippen molar-refractivity contribution < 1.29 is 22.7 Å². The molecule has 1 amide bonds. The van der Waals surface area contributed by atoms with Crippen LogP contribution in [0.4, 0.5) is 5.69 Å². The van der Waals surface area contributed by atoms with Gasteiger partial charge in [0.1, 0.15) is 0 Å². The van der Waals surface area contributed by atoms with Crippen molar-refractivity contribution in [1.29, 1.82) is 0 Å². The largest absolute Gasteiger partial charge is 0.462 e. The summed E-state index contributed by atoms with van der Waals surface area (Å²) in [5.41, 5.74) is 0.715. The summed E-state index contributed by atoms with van der Waals surface area (Å²) < 4.78 is 27.7. The molecule has 0 saturated carbocycles. The Bertz CT molecular complexity index is 702. The molecule has 0 spiro atoms. The molecular formula is C16H22N2O5S. The van der Waals surface area contributed by atoms with Gasteiger partial charge in [-0.05, 0) is 25.5 Å². The first-order valence-corrected chi connectivity index (χ1v) is 9.73. The molecule has 1 aromatic rings. The number of benzene rings is 1. The lowest BCUT2D eigenvalue weighted by atomic mass is 10.1. The highest BCUT2D eigenvalue weighted by Gasteiger charge is 2.27. The average Bonchev–Trinajstić information content (AvgIpc) is 2.87. The maximum atomic E-state index is 12.0. The zero-order valence-corrected chi connectivity index (χ0v) is 14.4. The van der Waals surface area contributed by atoms with Crippen LogP contribution in [-0.2, 0) is 19.4 Å². The number of hydrogen-bond donors (Lipinski definition) is 2. The van der Waals surface area contributed by atoms with Gasteiger partial charge in [-0.15, -0.1) is 0 Å². The monoisotopic (exact) mass is 354 g/mol. The van der Waals surface area contributed by atoms with Crippen LogP contribution in [0.2, 0.25) is 0 Å². The Morgan fingerprint density at radius 2 is 2.04 bits per heavy atom. The normalized spacial score (nSPS) is 19.0. The number of carbonyl (C=O) groups is 2. The molecule has 24 heavy (non-hydrogen) atoms. The van der Waals surface area contributed by atoms with E-state index < -0.39 is 15.8 Å². The number of ether oxygens (including phenoxy) is 1. The van der Waals surface area contributed by atoms with Crippen molar-refractivity contribution in [3.05, 3.63) is 29.8 Å². The highest BCUT2D eigenvalue weighted by atomic mass is 32.2. The second kappa shape index (κ2) is 8.25. The van der Waals surface area contributed by atoms with Crippen LogP contribution in [0.3, 0.4) is 0 Å². The number of para-hydroxylation sites is 1. The zero-order chi connectivity index (χ0) is 17.6. The van der Waals surface area contributed by atoms with E-state index in [4.69, 9.17) is 4.74 Å². The summed E-state index contributed by atoms with van der Waals surface area (Å²) >= 11 is 0. The van der Waals surface area contributed by atoms with E-state index in [1.807, 2.05) is 0 Å². The van der Waals surface area contributed by atoms with Crippen LogP contribution < -0.4 is 10.6 Å². The topological polar surface area (TPSA) is 102 Å². The number of rotatable bonds is 7. The van der Waals surface area contributed by atoms with Crippen LogP contribution >= 0.6 is 0 Å². The summed E-state index contributed by atoms with van der Waals surface area (Å²) in [5.74, 6) is -0.410. The summed E-state index contributed by atoms with van der Waals surface area (Å²) in [6, 6.07) is 6.56. The second-order valence-electron chi connectivity index (χ2n) is 5.62. The van der Waals surface area contributed by atoms with Crippen LogP contribution in [0.15, 0.2) is 24.3 Å². The van der Waals surface area contributed by atoms with Crippen molar-refractivity contribution in [2.24, 2.45) is 0 Å². The van der Waals surface area contributed by atoms with Crippen molar-refractivity contribution in [2.45, 2.75) is 25.8 Å². The quantitative estimate of drug-likeness (QED) is 0.708. The Morgan fingerprint density at radius 3 is 2.71 bits per heavy atom. The molecule has 8 heteroatoms. The molecule has 1 fully saturated rings. The number of esters is 1. The minimum atomic E-state index is -2.93. The molecular weight excluding hydrogens is 332 g/mol. The zero-order valence-electron chi connectivity index (χ0n) is 13.6. The lowest BCUT2D eigenvalue weighted by molar-refractivity contribution is -0.116. The molecule has 2 N–H and O–H groups in total. The summed E-state index contributed by atoms with van der Waals surface area (Å²) in [5, 5.41) is 5.77. The Balaban J connectivity index is 1.83. The first kappa shape index (κ1) is 18.4. The third kappa shape index (κ3) is 5.31. The molecule has 0 aliphatic carbocycles. The van der Waals surface area contributed by atoms with E-state index in [9.17, 15) is 18.0 Å². The highest BCUT2D eigenvalue weighted by molar-refractivity contribution is 7.91. The summed E-state index contributed by atoms with van der Waals surface area (Å²) in [6.45, 7) is 2.36. The number of hydrogen-bond acceptors (Lipinski definition) is 6. The molecule has 0 radical (unpaired) electrons. The molecule has 1 aliphatic rings. The van der Waals surface area contributed by atoms with Crippen LogP contribution in [0, 0.1) is 0 Å². The van der Waals surface area contributed by atoms with Gasteiger partial charge in [0.25, 0.3) is 0 Å². The fourth-order valence-electron chi connectivity index (χ4n) is 2.54. The van der Waals surface area contributed by atoms with Crippen molar-refractivity contribution >= 4 is 27.4 Å². The third-order valence-electron chi connectivity index (χ3n) is 3.71. The van der Waals surface area contributed by atoms with Gasteiger partial charge in [-0.25, -0.2) is 13.2 Å². The van der Waals surface area contributed by atoms with E-state index in [-0.39, 0.29) is 36.5 Å². The van der Waals surface area contributed by atoms with Crippen LogP contribution in [0.1, 0.15) is 30.1 Å². The van der Waals surface area contributed by atoms with Gasteiger partial charge < -0.3 is 15.4 Å². The molecule has 1 saturated heterocycles. The molecule has 132 valence electrons. The number of nitrogens with one attached hydrogen (secondary N) is 2. The smallest absolute Gasteiger partial charge is 0.340 e. The number of sulfone groups is 1. The van der Waals surface area contributed by atoms with E-state index >= 15 is 0 Å². The molecule has 1 heterocycles. The Hall–Kier alpha value is -1.93. The summed E-state index contributed by atoms with van der Waals surface area (Å²) in [7, 11) is -2.93. The molecule has 1 unspecified atom stereocenters. The van der Waals surface area contributed by atoms with Gasteiger partial charge >= 0.3 is 5.97 Å². The maximum absolute atomic E-state index is 12.0. The molecule has 7 nitrogen and oxygen atoms in total. The van der Waals surface area contributed by atoms with Crippen LogP contribution in [-0.4, -0.2) is 51.0 Å². The molecule has 1 aliphatic heterocycles. The van der Waals surface area contributed by atoms with Gasteiger partial charge in [-0.2, -0.15) is 0 Å². The van der Waals surface area contributed by atoms with E-state index in [0.29, 0.717) is 24.2 Å². The summed E-state index contributed by atoms with van der Waals surface area (Å²) in [4.78, 5) is 23.9. The van der Waals surface area contributed by atoms with E-state index in [0.717, 1.165) is 0 Å². The fourth-order valence-corrected chi connectivity index (χ4v) is 4.25. The number of carbonyl (C=O) groups excluding carboxylic acids is 2. The van der Waals surface area contributed by atoms with Crippen LogP contribution in [0.25, 0.3) is 0 Å². The first-order chi connectivity index (χ1) is 11.4. The maximum Gasteiger partial charge on any atom is 0.340 e. The third-order valence-corrected chi connectivity index (χ3v) is 5.48. The van der Waals surface area contributed by atoms with Crippen molar-refractivity contribution in [3.63, 3.8) is 0 Å². The van der Waals surface area contributed by atoms with Crippen molar-refractivity contribution in [1.82, 2.24) is 5.32 Å². The van der Waals surface area contributed by atoms with Gasteiger partial charge in [-0.3, -0.25) is 4.79 Å². The predicted octanol–water partition coefficient (Wildman–Crippen LogP) is 0.969. The number of anilines is 1. The van der Waals surface area contributed by atoms with Gasteiger partial charge in [-0.1, -0.05) is 12.1 Å². The predicted molar refractivity (Wildman–Crippen MR) is 90.7 cm³/mol. The summed E-state index contributed by atoms with van der Waals surface area (Å²) in [6.07, 6.45) is 0.767. The molecule has 1 aromatic carbocycles. The first-order valence-electron chi connectivity index (χ1n) is 7.91. The van der Waals surface area contributed by atoms with Gasteiger partial charge in [0, 0.05) is 19.0 Å². The minimum Gasteiger partial charge on any atom is -0.462 e. The van der Waals surface area contributed by atoms with E-state index in [2.05, 4.69) is 10.6 Å². The number of amides is 1. The van der Waals surface area contributed by atoms with Gasteiger partial charge in [0.15, 0.2) is 9.84 Å². The van der Waals surface area contributed by atoms with E-state index in [1.54, 1.807) is 31.2 Å². The standard InChI is InChI=1S/C16H22N2O5S/c1-2-23-16(20)13-5-3-4-6-14(13)18-15(19)7-9-17-12-8-10-24(21,22)11-12/h3-6,12,17H,2,7-11H2,1H3,(H,18,19). The Kier molecular flexibility index (Phi) is 6.33. The Labute approximate surface area is 141 Å². The highest BCUT2D eigenvalue weighted by Crippen LogP contribution is 2.16. The molecule has 2 rings (SSSR count). The van der Waals surface area contributed by atoms with Crippen molar-refractivity contribution in [2.75, 3.05) is 30.0 Å². The molecule has 0 aromatic heterocycles. The minimum absolute atomic E-state index is 0.0883. The van der Waals surface area contributed by atoms with Crippen LogP contribution in [0.5, 0.6) is 0 Å².